The number of likely N-dealkylation sites (tertiary alicyclic amines) is 1. The zero-order valence-corrected chi connectivity index (χ0v) is 15.5. The summed E-state index contributed by atoms with van der Waals surface area (Å²) in [5, 5.41) is 7.39. The summed E-state index contributed by atoms with van der Waals surface area (Å²) in [6, 6.07) is 5.86. The molecule has 2 fully saturated rings. The van der Waals surface area contributed by atoms with Crippen LogP contribution in [0.2, 0.25) is 0 Å². The van der Waals surface area contributed by atoms with Crippen molar-refractivity contribution in [3.05, 3.63) is 40.7 Å². The van der Waals surface area contributed by atoms with Crippen LogP contribution in [0.3, 0.4) is 0 Å². The lowest BCUT2D eigenvalue weighted by molar-refractivity contribution is 0.0789. The summed E-state index contributed by atoms with van der Waals surface area (Å²) in [5.74, 6) is 2.47. The average Bonchev–Trinajstić information content (AvgIpc) is 3.25. The molecule has 0 radical (unpaired) electrons. The molecule has 1 saturated heterocycles. The van der Waals surface area contributed by atoms with Gasteiger partial charge in [-0.2, -0.15) is 5.10 Å². The van der Waals surface area contributed by atoms with Gasteiger partial charge in [0.05, 0.1) is 25.5 Å². The molecule has 0 spiro atoms. The van der Waals surface area contributed by atoms with E-state index in [9.17, 15) is 4.79 Å². The van der Waals surface area contributed by atoms with Crippen LogP contribution in [0.5, 0.6) is 11.5 Å². The second-order valence-corrected chi connectivity index (χ2v) is 7.23. The highest BCUT2D eigenvalue weighted by molar-refractivity contribution is 5.97. The number of aromatic nitrogens is 2. The number of carbonyl (C=O) groups is 1. The Balaban J connectivity index is 1.56. The Kier molecular flexibility index (Phi) is 4.34. The minimum absolute atomic E-state index is 0.0995. The first kappa shape index (κ1) is 16.9. The molecule has 1 amide bonds. The summed E-state index contributed by atoms with van der Waals surface area (Å²) in [4.78, 5) is 15.1. The molecule has 6 heteroatoms. The van der Waals surface area contributed by atoms with Gasteiger partial charge in [0.1, 0.15) is 11.5 Å². The number of nitrogens with zero attached hydrogens (tertiary/aromatic N) is 2. The number of nitrogens with one attached hydrogen (secondary N) is 1. The van der Waals surface area contributed by atoms with Crippen molar-refractivity contribution < 1.29 is 14.3 Å². The van der Waals surface area contributed by atoms with Gasteiger partial charge in [0.15, 0.2) is 0 Å². The number of hydrogen-bond acceptors (Lipinski definition) is 4. The van der Waals surface area contributed by atoms with Gasteiger partial charge in [0.25, 0.3) is 5.91 Å². The molecular formula is C20H25N3O3. The number of aryl methyl sites for hydroxylation is 1. The number of hydrogen-bond donors (Lipinski definition) is 1. The smallest absolute Gasteiger partial charge is 0.257 e. The van der Waals surface area contributed by atoms with Gasteiger partial charge in [-0.3, -0.25) is 9.89 Å². The van der Waals surface area contributed by atoms with E-state index >= 15 is 0 Å². The van der Waals surface area contributed by atoms with E-state index in [2.05, 4.69) is 10.2 Å². The van der Waals surface area contributed by atoms with Gasteiger partial charge in [-0.15, -0.1) is 0 Å². The molecule has 4 rings (SSSR count). The summed E-state index contributed by atoms with van der Waals surface area (Å²) in [6.45, 7) is 3.38. The van der Waals surface area contributed by atoms with Crippen molar-refractivity contribution >= 4 is 5.91 Å². The predicted octanol–water partition coefficient (Wildman–Crippen LogP) is 3.24. The van der Waals surface area contributed by atoms with E-state index in [0.717, 1.165) is 59.8 Å². The van der Waals surface area contributed by atoms with E-state index < -0.39 is 0 Å². The molecule has 26 heavy (non-hydrogen) atoms. The number of H-pyrrole nitrogens is 1. The molecule has 2 heterocycles. The molecule has 1 aliphatic heterocycles. The number of rotatable bonds is 5. The van der Waals surface area contributed by atoms with Gasteiger partial charge in [-0.25, -0.2) is 0 Å². The van der Waals surface area contributed by atoms with Gasteiger partial charge in [-0.1, -0.05) is 0 Å². The largest absolute Gasteiger partial charge is 0.497 e. The maximum atomic E-state index is 13.1. The first-order valence-electron chi connectivity index (χ1n) is 9.18. The first-order chi connectivity index (χ1) is 12.6. The molecule has 138 valence electrons. The van der Waals surface area contributed by atoms with E-state index in [-0.39, 0.29) is 11.8 Å². The van der Waals surface area contributed by atoms with Crippen LogP contribution in [0.1, 0.15) is 58.4 Å². The van der Waals surface area contributed by atoms with Crippen LogP contribution in [0, 0.1) is 6.92 Å². The predicted molar refractivity (Wildman–Crippen MR) is 98.1 cm³/mol. The van der Waals surface area contributed by atoms with Crippen LogP contribution in [0.4, 0.5) is 0 Å². The fourth-order valence-electron chi connectivity index (χ4n) is 3.89. The lowest BCUT2D eigenvalue weighted by atomic mass is 9.97. The SMILES string of the molecule is COc1ccc(OC)c(C2CCN(C(=O)c3c(C4CC4)n[nH]c3C)C2)c1. The van der Waals surface area contributed by atoms with Gasteiger partial charge >= 0.3 is 0 Å². The third kappa shape index (κ3) is 2.93. The molecule has 2 aromatic rings. The summed E-state index contributed by atoms with van der Waals surface area (Å²) in [6.07, 6.45) is 3.19. The molecule has 1 unspecified atom stereocenters. The Bertz CT molecular complexity index is 826. The highest BCUT2D eigenvalue weighted by Crippen LogP contribution is 2.42. The molecule has 6 nitrogen and oxygen atoms in total. The van der Waals surface area contributed by atoms with Crippen LogP contribution >= 0.6 is 0 Å². The van der Waals surface area contributed by atoms with Crippen LogP contribution in [-0.4, -0.2) is 48.3 Å². The quantitative estimate of drug-likeness (QED) is 0.894. The Morgan fingerprint density at radius 2 is 2.00 bits per heavy atom. The lowest BCUT2D eigenvalue weighted by Gasteiger charge is -2.19. The highest BCUT2D eigenvalue weighted by atomic mass is 16.5. The number of ether oxygens (including phenoxy) is 2. The Morgan fingerprint density at radius 1 is 1.19 bits per heavy atom. The number of benzene rings is 1. The van der Waals surface area contributed by atoms with E-state index in [1.54, 1.807) is 14.2 Å². The van der Waals surface area contributed by atoms with Gasteiger partial charge in [0.2, 0.25) is 0 Å². The third-order valence-electron chi connectivity index (χ3n) is 5.51. The minimum Gasteiger partial charge on any atom is -0.497 e. The first-order valence-corrected chi connectivity index (χ1v) is 9.18. The monoisotopic (exact) mass is 355 g/mol. The van der Waals surface area contributed by atoms with Crippen LogP contribution in [0.15, 0.2) is 18.2 Å². The van der Waals surface area contributed by atoms with Crippen molar-refractivity contribution in [2.45, 2.75) is 38.0 Å². The number of carbonyl (C=O) groups excluding carboxylic acids is 1. The van der Waals surface area contributed by atoms with Gasteiger partial charge < -0.3 is 14.4 Å². The second-order valence-electron chi connectivity index (χ2n) is 7.23. The van der Waals surface area contributed by atoms with Crippen molar-refractivity contribution in [2.75, 3.05) is 27.3 Å². The summed E-state index contributed by atoms with van der Waals surface area (Å²) >= 11 is 0. The molecule has 1 aromatic carbocycles. The van der Waals surface area contributed by atoms with Crippen LogP contribution in [-0.2, 0) is 0 Å². The maximum absolute atomic E-state index is 13.1. The Labute approximate surface area is 153 Å². The van der Waals surface area contributed by atoms with Gasteiger partial charge in [0, 0.05) is 36.2 Å². The van der Waals surface area contributed by atoms with Crippen molar-refractivity contribution in [1.29, 1.82) is 0 Å². The lowest BCUT2D eigenvalue weighted by Crippen LogP contribution is -2.29. The molecule has 1 aliphatic carbocycles. The topological polar surface area (TPSA) is 67.5 Å². The van der Waals surface area contributed by atoms with Crippen LogP contribution in [0.25, 0.3) is 0 Å². The van der Waals surface area contributed by atoms with E-state index in [1.807, 2.05) is 30.0 Å². The van der Waals surface area contributed by atoms with Crippen molar-refractivity contribution in [1.82, 2.24) is 15.1 Å². The van der Waals surface area contributed by atoms with E-state index in [0.29, 0.717) is 12.5 Å². The van der Waals surface area contributed by atoms with Crippen molar-refractivity contribution in [3.8, 4) is 11.5 Å². The van der Waals surface area contributed by atoms with E-state index in [4.69, 9.17) is 9.47 Å². The summed E-state index contributed by atoms with van der Waals surface area (Å²) < 4.78 is 10.9. The number of methoxy groups -OCH3 is 2. The average molecular weight is 355 g/mol. The van der Waals surface area contributed by atoms with Gasteiger partial charge in [-0.05, 0) is 44.4 Å². The minimum atomic E-state index is 0.0995. The fourth-order valence-corrected chi connectivity index (χ4v) is 3.89. The van der Waals surface area contributed by atoms with E-state index in [1.165, 1.54) is 0 Å². The van der Waals surface area contributed by atoms with Crippen LogP contribution < -0.4 is 9.47 Å². The molecule has 1 saturated carbocycles. The zero-order valence-electron chi connectivity index (χ0n) is 15.5. The zero-order chi connectivity index (χ0) is 18.3. The molecular weight excluding hydrogens is 330 g/mol. The Hall–Kier alpha value is -2.50. The number of aromatic amines is 1. The molecule has 0 bridgehead atoms. The summed E-state index contributed by atoms with van der Waals surface area (Å²) in [7, 11) is 3.34. The normalized spacial score (nSPS) is 19.7. The maximum Gasteiger partial charge on any atom is 0.257 e. The Morgan fingerprint density at radius 3 is 2.69 bits per heavy atom. The molecule has 1 aromatic heterocycles. The molecule has 2 aliphatic rings. The standard InChI is InChI=1S/C20H25N3O3/c1-12-18(19(22-21-12)13-4-5-13)20(24)23-9-8-14(11-23)16-10-15(25-2)6-7-17(16)26-3/h6-7,10,13-14H,4-5,8-9,11H2,1-3H3,(H,21,22). The second kappa shape index (κ2) is 6.67. The molecule has 1 N–H and O–H groups in total. The third-order valence-corrected chi connectivity index (χ3v) is 5.51. The fraction of sp³-hybridized carbons (Fsp3) is 0.500. The molecule has 1 atom stereocenters. The summed E-state index contributed by atoms with van der Waals surface area (Å²) in [5.41, 5.74) is 3.72. The van der Waals surface area contributed by atoms with Crippen molar-refractivity contribution in [3.63, 3.8) is 0 Å². The van der Waals surface area contributed by atoms with Crippen molar-refractivity contribution in [2.24, 2.45) is 0 Å². The number of amides is 1. The highest BCUT2D eigenvalue weighted by Gasteiger charge is 2.36.